The molecule has 1 saturated heterocycles. The summed E-state index contributed by atoms with van der Waals surface area (Å²) in [5.74, 6) is 0.858. The van der Waals surface area contributed by atoms with Crippen molar-refractivity contribution in [2.75, 3.05) is 26.0 Å². The van der Waals surface area contributed by atoms with Crippen LogP contribution in [0.5, 0.6) is 5.75 Å². The number of amides is 1. The molecule has 0 radical (unpaired) electrons. The van der Waals surface area contributed by atoms with Crippen LogP contribution < -0.4 is 10.3 Å². The number of H-pyrrole nitrogens is 1. The van der Waals surface area contributed by atoms with Gasteiger partial charge in [-0.15, -0.1) is 0 Å². The second-order valence-electron chi connectivity index (χ2n) is 9.49. The van der Waals surface area contributed by atoms with E-state index < -0.39 is 21.5 Å². The number of aromatic nitrogens is 4. The topological polar surface area (TPSA) is 147 Å². The van der Waals surface area contributed by atoms with Crippen molar-refractivity contribution < 1.29 is 23.1 Å². The number of benzene rings is 1. The van der Waals surface area contributed by atoms with Gasteiger partial charge in [-0.3, -0.25) is 9.48 Å². The van der Waals surface area contributed by atoms with Crippen molar-refractivity contribution in [1.29, 1.82) is 0 Å². The Morgan fingerprint density at radius 3 is 2.53 bits per heavy atom. The lowest BCUT2D eigenvalue weighted by molar-refractivity contribution is 0.123. The zero-order valence-electron chi connectivity index (χ0n) is 20.8. The van der Waals surface area contributed by atoms with Gasteiger partial charge in [0.1, 0.15) is 17.1 Å². The van der Waals surface area contributed by atoms with Crippen LogP contribution in [0, 0.1) is 5.92 Å². The fourth-order valence-corrected chi connectivity index (χ4v) is 5.05. The van der Waals surface area contributed by atoms with Crippen LogP contribution in [0.1, 0.15) is 45.3 Å². The third-order valence-corrected chi connectivity index (χ3v) is 7.39. The van der Waals surface area contributed by atoms with Gasteiger partial charge in [0.15, 0.2) is 15.4 Å². The maximum atomic E-state index is 13.1. The number of piperidine rings is 1. The lowest BCUT2D eigenvalue weighted by atomic mass is 10.1. The predicted molar refractivity (Wildman–Crippen MR) is 134 cm³/mol. The molecule has 194 valence electrons. The Morgan fingerprint density at radius 1 is 1.25 bits per heavy atom. The maximum absolute atomic E-state index is 13.1. The summed E-state index contributed by atoms with van der Waals surface area (Å²) in [6.45, 7) is 7.14. The average Bonchev–Trinajstić information content (AvgIpc) is 3.21. The summed E-state index contributed by atoms with van der Waals surface area (Å²) in [6, 6.07) is 4.47. The van der Waals surface area contributed by atoms with E-state index in [-0.39, 0.29) is 28.2 Å². The fraction of sp³-hybridized carbons (Fsp3) is 0.500. The number of nitrogens with one attached hydrogen (secondary N) is 1. The molecule has 2 aromatic heterocycles. The van der Waals surface area contributed by atoms with Crippen LogP contribution in [-0.4, -0.2) is 70.2 Å². The molecule has 12 heteroatoms. The number of aromatic amines is 1. The van der Waals surface area contributed by atoms with Crippen molar-refractivity contribution in [2.24, 2.45) is 5.92 Å². The van der Waals surface area contributed by atoms with Gasteiger partial charge < -0.3 is 19.7 Å². The summed E-state index contributed by atoms with van der Waals surface area (Å²) in [4.78, 5) is 33.4. The Morgan fingerprint density at radius 2 is 1.94 bits per heavy atom. The SMILES string of the molecule is CCc1c2nc(-c3cc(S(C)(=O)=O)ccc3OCC(C)C)[nH]c(=O)c2nn1C1CCN(C(=O)O)CC1. The molecule has 0 spiro atoms. The molecule has 3 aromatic rings. The lowest BCUT2D eigenvalue weighted by Gasteiger charge is -2.30. The van der Waals surface area contributed by atoms with Crippen LogP contribution in [0.4, 0.5) is 4.79 Å². The van der Waals surface area contributed by atoms with Crippen LogP contribution in [-0.2, 0) is 16.3 Å². The number of fused-ring (bicyclic) bond motifs is 1. The summed E-state index contributed by atoms with van der Waals surface area (Å²) in [5, 5.41) is 13.8. The molecule has 1 fully saturated rings. The van der Waals surface area contributed by atoms with Gasteiger partial charge >= 0.3 is 6.09 Å². The largest absolute Gasteiger partial charge is 0.493 e. The van der Waals surface area contributed by atoms with E-state index in [4.69, 9.17) is 9.72 Å². The molecular formula is C24H31N5O6S. The highest BCUT2D eigenvalue weighted by Gasteiger charge is 2.27. The van der Waals surface area contributed by atoms with Gasteiger partial charge in [0.05, 0.1) is 28.8 Å². The van der Waals surface area contributed by atoms with Crippen molar-refractivity contribution in [3.8, 4) is 17.1 Å². The quantitative estimate of drug-likeness (QED) is 0.486. The molecule has 1 aliphatic heterocycles. The molecule has 0 bridgehead atoms. The number of carbonyl (C=O) groups is 1. The summed E-state index contributed by atoms with van der Waals surface area (Å²) < 4.78 is 32.2. The number of aryl methyl sites for hydroxylation is 1. The highest BCUT2D eigenvalue weighted by atomic mass is 32.2. The highest BCUT2D eigenvalue weighted by Crippen LogP contribution is 2.32. The van der Waals surface area contributed by atoms with Gasteiger partial charge in [0.25, 0.3) is 5.56 Å². The zero-order valence-corrected chi connectivity index (χ0v) is 21.6. The van der Waals surface area contributed by atoms with Crippen LogP contribution >= 0.6 is 0 Å². The number of sulfone groups is 1. The van der Waals surface area contributed by atoms with Crippen molar-refractivity contribution in [3.63, 3.8) is 0 Å². The number of carboxylic acid groups (broad SMARTS) is 1. The summed E-state index contributed by atoms with van der Waals surface area (Å²) >= 11 is 0. The van der Waals surface area contributed by atoms with Crippen LogP contribution in [0.2, 0.25) is 0 Å². The lowest BCUT2D eigenvalue weighted by Crippen LogP contribution is -2.38. The molecule has 0 atom stereocenters. The second-order valence-corrected chi connectivity index (χ2v) is 11.5. The van der Waals surface area contributed by atoms with E-state index >= 15 is 0 Å². The first kappa shape index (κ1) is 25.7. The molecule has 0 saturated carbocycles. The molecule has 1 aliphatic rings. The molecule has 11 nitrogen and oxygen atoms in total. The van der Waals surface area contributed by atoms with E-state index in [9.17, 15) is 23.1 Å². The predicted octanol–water partition coefficient (Wildman–Crippen LogP) is 3.10. The summed E-state index contributed by atoms with van der Waals surface area (Å²) in [6.07, 6.45) is 1.91. The van der Waals surface area contributed by atoms with E-state index in [1.807, 2.05) is 20.8 Å². The molecule has 2 N–H and O–H groups in total. The van der Waals surface area contributed by atoms with Gasteiger partial charge in [-0.2, -0.15) is 5.10 Å². The molecule has 1 aromatic carbocycles. The molecule has 0 unspecified atom stereocenters. The number of likely N-dealkylation sites (tertiary alicyclic amines) is 1. The molecule has 3 heterocycles. The molecule has 1 amide bonds. The van der Waals surface area contributed by atoms with E-state index in [0.717, 1.165) is 11.9 Å². The standard InChI is InChI=1S/C24H31N5O6S/c1-5-18-20-21(27-29(18)15-8-10-28(11-9-15)24(31)32)23(30)26-22(25-20)17-12-16(36(4,33)34)6-7-19(17)35-13-14(2)3/h6-7,12,14-15H,5,8-11,13H2,1-4H3,(H,31,32)(H,25,26,30). The monoisotopic (exact) mass is 517 g/mol. The maximum Gasteiger partial charge on any atom is 0.407 e. The third kappa shape index (κ3) is 5.08. The first-order valence-electron chi connectivity index (χ1n) is 12.0. The molecule has 0 aliphatic carbocycles. The number of nitrogens with zero attached hydrogens (tertiary/aromatic N) is 4. The van der Waals surface area contributed by atoms with E-state index in [2.05, 4.69) is 10.1 Å². The zero-order chi connectivity index (χ0) is 26.2. The van der Waals surface area contributed by atoms with E-state index in [1.54, 1.807) is 10.7 Å². The number of rotatable bonds is 7. The normalized spacial score (nSPS) is 15.1. The fourth-order valence-electron chi connectivity index (χ4n) is 4.41. The Balaban J connectivity index is 1.82. The van der Waals surface area contributed by atoms with Gasteiger partial charge in [0, 0.05) is 19.3 Å². The highest BCUT2D eigenvalue weighted by molar-refractivity contribution is 7.90. The van der Waals surface area contributed by atoms with Crippen molar-refractivity contribution in [2.45, 2.75) is 51.0 Å². The van der Waals surface area contributed by atoms with Crippen LogP contribution in [0.15, 0.2) is 27.9 Å². The number of hydrogen-bond acceptors (Lipinski definition) is 7. The minimum absolute atomic E-state index is 0.0499. The second kappa shape index (κ2) is 9.92. The summed E-state index contributed by atoms with van der Waals surface area (Å²) in [5.41, 5.74) is 1.35. The number of ether oxygens (including phenoxy) is 1. The van der Waals surface area contributed by atoms with Crippen LogP contribution in [0.3, 0.4) is 0 Å². The first-order valence-corrected chi connectivity index (χ1v) is 13.8. The Kier molecular flexibility index (Phi) is 7.07. The third-order valence-electron chi connectivity index (χ3n) is 6.27. The van der Waals surface area contributed by atoms with Crippen LogP contribution in [0.25, 0.3) is 22.4 Å². The molecule has 36 heavy (non-hydrogen) atoms. The van der Waals surface area contributed by atoms with Gasteiger partial charge in [0.2, 0.25) is 0 Å². The Hall–Kier alpha value is -3.41. The van der Waals surface area contributed by atoms with Gasteiger partial charge in [-0.05, 0) is 43.4 Å². The van der Waals surface area contributed by atoms with Gasteiger partial charge in [-0.25, -0.2) is 18.2 Å². The Bertz CT molecular complexity index is 1450. The first-order chi connectivity index (χ1) is 17.0. The molecule has 4 rings (SSSR count). The minimum Gasteiger partial charge on any atom is -0.493 e. The summed E-state index contributed by atoms with van der Waals surface area (Å²) in [7, 11) is -3.51. The van der Waals surface area contributed by atoms with Gasteiger partial charge in [-0.1, -0.05) is 20.8 Å². The smallest absolute Gasteiger partial charge is 0.407 e. The van der Waals surface area contributed by atoms with E-state index in [0.29, 0.717) is 55.8 Å². The van der Waals surface area contributed by atoms with E-state index in [1.165, 1.54) is 17.0 Å². The Labute approximate surface area is 209 Å². The number of hydrogen-bond donors (Lipinski definition) is 2. The van der Waals surface area contributed by atoms with Crippen molar-refractivity contribution in [1.82, 2.24) is 24.6 Å². The molecular weight excluding hydrogens is 486 g/mol. The van der Waals surface area contributed by atoms with Crippen molar-refractivity contribution in [3.05, 3.63) is 34.2 Å². The van der Waals surface area contributed by atoms with Crippen molar-refractivity contribution >= 4 is 27.0 Å². The minimum atomic E-state index is -3.51. The average molecular weight is 518 g/mol.